The second-order valence-corrected chi connectivity index (χ2v) is 2.46. The van der Waals surface area contributed by atoms with Gasteiger partial charge in [0.1, 0.15) is 0 Å². The van der Waals surface area contributed by atoms with Crippen molar-refractivity contribution in [1.29, 1.82) is 0 Å². The predicted molar refractivity (Wildman–Crippen MR) is 43.8 cm³/mol. The summed E-state index contributed by atoms with van der Waals surface area (Å²) in [5.41, 5.74) is 0. The van der Waals surface area contributed by atoms with E-state index in [-0.39, 0.29) is 5.91 Å². The highest BCUT2D eigenvalue weighted by Gasteiger charge is 1.85. The summed E-state index contributed by atoms with van der Waals surface area (Å²) in [4.78, 5) is 10.2. The van der Waals surface area contributed by atoms with E-state index >= 15 is 0 Å². The zero-order chi connectivity index (χ0) is 8.41. The molecule has 0 aliphatic heterocycles. The fourth-order valence-electron chi connectivity index (χ4n) is 0.329. The third-order valence-electron chi connectivity index (χ3n) is 0.680. The summed E-state index contributed by atoms with van der Waals surface area (Å²) in [6, 6.07) is 0. The monoisotopic (exact) mass is 150 g/mol. The number of nitrogens with one attached hydrogen (secondary N) is 1. The highest BCUT2D eigenvalue weighted by Crippen LogP contribution is 1.86. The summed E-state index contributed by atoms with van der Waals surface area (Å²) in [6.07, 6.45) is 2.02. The summed E-state index contributed by atoms with van der Waals surface area (Å²) in [5.74, 6) is 1.05. The second kappa shape index (κ2) is 7.82. The molecule has 2 nitrogen and oxygen atoms in total. The summed E-state index contributed by atoms with van der Waals surface area (Å²) in [7, 11) is 1.25. The molecule has 9 heavy (non-hydrogen) atoms. The van der Waals surface area contributed by atoms with Gasteiger partial charge in [0, 0.05) is 20.6 Å². The van der Waals surface area contributed by atoms with E-state index in [1.807, 2.05) is 6.26 Å². The smallest absolute Gasteiger partial charge is 0.216 e. The van der Waals surface area contributed by atoms with Crippen molar-refractivity contribution in [3.8, 4) is 0 Å². The lowest BCUT2D eigenvalue weighted by atomic mass is 10.6. The van der Waals surface area contributed by atoms with Gasteiger partial charge in [-0.25, -0.2) is 0 Å². The number of amides is 1. The van der Waals surface area contributed by atoms with E-state index in [1.54, 1.807) is 11.8 Å². The van der Waals surface area contributed by atoms with E-state index in [0.29, 0.717) is 0 Å². The van der Waals surface area contributed by atoms with Gasteiger partial charge in [0.25, 0.3) is 0 Å². The van der Waals surface area contributed by atoms with Gasteiger partial charge in [0.15, 0.2) is 0 Å². The largest absolute Gasteiger partial charge is 0.356 e. The maximum atomic E-state index is 10.2. The van der Waals surface area contributed by atoms with Crippen molar-refractivity contribution in [2.75, 3.05) is 18.6 Å². The number of rotatable bonds is 3. The Kier molecular flexibility index (Phi) is 7.66. The minimum Gasteiger partial charge on any atom is -0.356 e. The van der Waals surface area contributed by atoms with E-state index in [4.69, 9.17) is 1.37 Å². The van der Waals surface area contributed by atoms with Gasteiger partial charge in [0.05, 0.1) is 0 Å². The molecule has 56 valence electrons. The first-order valence-electron chi connectivity index (χ1n) is 3.50. The summed E-state index contributed by atoms with van der Waals surface area (Å²) in [6.45, 7) is 2.32. The molecule has 1 amide bonds. The molecule has 0 heterocycles. The van der Waals surface area contributed by atoms with Crippen LogP contribution in [0.5, 0.6) is 0 Å². The van der Waals surface area contributed by atoms with E-state index in [2.05, 4.69) is 5.32 Å². The van der Waals surface area contributed by atoms with Gasteiger partial charge in [-0.2, -0.15) is 11.8 Å². The lowest BCUT2D eigenvalue weighted by molar-refractivity contribution is -0.118. The minimum absolute atomic E-state index is 0.0547. The predicted octanol–water partition coefficient (Wildman–Crippen LogP) is 1.12. The van der Waals surface area contributed by atoms with Crippen molar-refractivity contribution in [1.82, 2.24) is 5.32 Å². The lowest BCUT2D eigenvalue weighted by Gasteiger charge is -1.96. The molecular weight excluding hydrogens is 134 g/mol. The van der Waals surface area contributed by atoms with Crippen LogP contribution in [0.1, 0.15) is 15.7 Å². The fraction of sp³-hybridized carbons (Fsp3) is 0.833. The number of carbonyl (C=O) groups is 1. The van der Waals surface area contributed by atoms with Crippen molar-refractivity contribution in [2.45, 2.75) is 14.3 Å². The van der Waals surface area contributed by atoms with Gasteiger partial charge in [-0.1, -0.05) is 7.40 Å². The lowest BCUT2D eigenvalue weighted by Crippen LogP contribution is -2.22. The first-order chi connectivity index (χ1) is 4.77. The van der Waals surface area contributed by atoms with Crippen LogP contribution in [-0.4, -0.2) is 24.5 Å². The van der Waals surface area contributed by atoms with Gasteiger partial charge in [-0.3, -0.25) is 4.79 Å². The minimum atomic E-state index is 0.0547. The zero-order valence-corrected chi connectivity index (χ0v) is 7.05. The molecule has 0 radical (unpaired) electrons. The molecule has 0 spiro atoms. The molecule has 0 rings (SSSR count). The number of thioether (sulfide) groups is 1. The number of carbonyl (C=O) groups excluding carboxylic acids is 1. The topological polar surface area (TPSA) is 29.1 Å². The second-order valence-electron chi connectivity index (χ2n) is 1.48. The van der Waals surface area contributed by atoms with Gasteiger partial charge in [0.2, 0.25) is 5.91 Å². The molecule has 0 unspecified atom stereocenters. The molecule has 0 aliphatic rings. The Morgan fingerprint density at radius 1 is 1.89 bits per heavy atom. The Morgan fingerprint density at radius 3 is 2.78 bits per heavy atom. The van der Waals surface area contributed by atoms with Crippen molar-refractivity contribution in [3.63, 3.8) is 0 Å². The third kappa shape index (κ3) is 11.4. The summed E-state index contributed by atoms with van der Waals surface area (Å²) < 4.78 is 5.75. The van der Waals surface area contributed by atoms with E-state index < -0.39 is 0 Å². The standard InChI is InChI=1S/C5H11NOS.CH4/c1-5(7)6-3-4-8-2;/h3-4H2,1-2H3,(H,6,7);1H4/i;1D. The fourth-order valence-corrected chi connectivity index (χ4v) is 0.635. The van der Waals surface area contributed by atoms with Crippen LogP contribution >= 0.6 is 11.8 Å². The molecule has 0 atom stereocenters. The molecule has 0 aromatic rings. The van der Waals surface area contributed by atoms with Crippen molar-refractivity contribution >= 4 is 17.7 Å². The zero-order valence-electron chi connectivity index (χ0n) is 7.23. The molecule has 0 bridgehead atoms. The van der Waals surface area contributed by atoms with E-state index in [0.717, 1.165) is 12.3 Å². The van der Waals surface area contributed by atoms with Crippen LogP contribution in [0.4, 0.5) is 0 Å². The first-order valence-corrected chi connectivity index (χ1v) is 3.90. The Bertz CT molecular complexity index is 80.1. The summed E-state index contributed by atoms with van der Waals surface area (Å²) >= 11 is 1.73. The molecule has 0 fully saturated rings. The Morgan fingerprint density at radius 2 is 2.44 bits per heavy atom. The van der Waals surface area contributed by atoms with Crippen LogP contribution < -0.4 is 5.32 Å². The highest BCUT2D eigenvalue weighted by atomic mass is 32.2. The highest BCUT2D eigenvalue weighted by molar-refractivity contribution is 7.98. The van der Waals surface area contributed by atoms with Crippen molar-refractivity contribution in [3.05, 3.63) is 0 Å². The summed E-state index contributed by atoms with van der Waals surface area (Å²) in [5, 5.41) is 2.69. The van der Waals surface area contributed by atoms with Gasteiger partial charge in [-0.15, -0.1) is 0 Å². The molecule has 1 N–H and O–H groups in total. The van der Waals surface area contributed by atoms with Gasteiger partial charge < -0.3 is 5.32 Å². The molecule has 0 aromatic heterocycles. The Labute approximate surface area is 62.8 Å². The van der Waals surface area contributed by atoms with Gasteiger partial charge >= 0.3 is 0 Å². The molecular formula is C6H15NOS. The van der Waals surface area contributed by atoms with Crippen LogP contribution in [0.3, 0.4) is 0 Å². The molecule has 0 saturated heterocycles. The van der Waals surface area contributed by atoms with E-state index in [9.17, 15) is 4.79 Å². The molecule has 3 heteroatoms. The van der Waals surface area contributed by atoms with Crippen LogP contribution in [0, 0.1) is 0 Å². The van der Waals surface area contributed by atoms with Crippen molar-refractivity contribution < 1.29 is 6.17 Å². The number of hydrogen-bond donors (Lipinski definition) is 1. The van der Waals surface area contributed by atoms with Crippen LogP contribution in [0.2, 0.25) is 0 Å². The van der Waals surface area contributed by atoms with Crippen LogP contribution in [0.25, 0.3) is 0 Å². The SMILES string of the molecule is CSCCNC(C)=O.[2H]C. The normalized spacial score (nSPS) is 8.56. The van der Waals surface area contributed by atoms with Crippen LogP contribution in [0.15, 0.2) is 0 Å². The quantitative estimate of drug-likeness (QED) is 0.611. The first kappa shape index (κ1) is 8.82. The van der Waals surface area contributed by atoms with E-state index in [1.165, 1.54) is 14.3 Å². The Hall–Kier alpha value is -0.180. The average Bonchev–Trinajstić information content (AvgIpc) is 1.92. The van der Waals surface area contributed by atoms with Crippen molar-refractivity contribution in [2.24, 2.45) is 0 Å². The van der Waals surface area contributed by atoms with Crippen LogP contribution in [-0.2, 0) is 4.79 Å². The van der Waals surface area contributed by atoms with Gasteiger partial charge in [-0.05, 0) is 6.26 Å². The molecule has 0 saturated carbocycles. The molecule has 0 aliphatic carbocycles. The maximum Gasteiger partial charge on any atom is 0.216 e. The number of hydrogen-bond acceptors (Lipinski definition) is 2. The average molecular weight is 150 g/mol. The Balaban J connectivity index is 0. The molecule has 0 aromatic carbocycles. The third-order valence-corrected chi connectivity index (χ3v) is 1.29. The maximum absolute atomic E-state index is 10.2.